The lowest BCUT2D eigenvalue weighted by molar-refractivity contribution is -0.126. The average molecular weight is 388 g/mol. The summed E-state index contributed by atoms with van der Waals surface area (Å²) in [6.45, 7) is 4.89. The number of hydrogen-bond acceptors (Lipinski definition) is 4. The zero-order valence-corrected chi connectivity index (χ0v) is 16.5. The smallest absolute Gasteiger partial charge is 0.243 e. The largest absolute Gasteiger partial charge is 0.352 e. The monoisotopic (exact) mass is 387 g/mol. The van der Waals surface area contributed by atoms with Gasteiger partial charge in [0.25, 0.3) is 0 Å². The van der Waals surface area contributed by atoms with E-state index in [-0.39, 0.29) is 11.8 Å². The van der Waals surface area contributed by atoms with Gasteiger partial charge in [0.15, 0.2) is 0 Å². The number of benzene rings is 1. The number of nitrogens with one attached hydrogen (secondary N) is 1. The SMILES string of the molecule is Cc1ccc(C)c(S(=O)(=O)N2CCC(C(=O)NCc3ccncc3)CC2)c1. The number of nitrogens with zero attached hydrogens (tertiary/aromatic N) is 2. The maximum Gasteiger partial charge on any atom is 0.243 e. The first-order valence-corrected chi connectivity index (χ1v) is 10.6. The minimum absolute atomic E-state index is 0.0180. The van der Waals surface area contributed by atoms with Crippen molar-refractivity contribution in [1.82, 2.24) is 14.6 Å². The molecule has 0 saturated carbocycles. The summed E-state index contributed by atoms with van der Waals surface area (Å²) in [5, 5.41) is 2.94. The molecule has 0 aliphatic carbocycles. The number of amides is 1. The van der Waals surface area contributed by atoms with Crippen molar-refractivity contribution < 1.29 is 13.2 Å². The molecule has 27 heavy (non-hydrogen) atoms. The van der Waals surface area contributed by atoms with E-state index in [0.29, 0.717) is 37.4 Å². The molecule has 6 nitrogen and oxygen atoms in total. The molecule has 0 unspecified atom stereocenters. The van der Waals surface area contributed by atoms with Crippen LogP contribution < -0.4 is 5.32 Å². The third-order valence-electron chi connectivity index (χ3n) is 5.00. The summed E-state index contributed by atoms with van der Waals surface area (Å²) in [6.07, 6.45) is 4.45. The highest BCUT2D eigenvalue weighted by atomic mass is 32.2. The van der Waals surface area contributed by atoms with Gasteiger partial charge in [-0.25, -0.2) is 8.42 Å². The molecule has 7 heteroatoms. The molecule has 0 atom stereocenters. The first kappa shape index (κ1) is 19.5. The van der Waals surface area contributed by atoms with Crippen molar-refractivity contribution in [2.45, 2.75) is 38.1 Å². The van der Waals surface area contributed by atoms with Gasteiger partial charge in [-0.15, -0.1) is 0 Å². The second-order valence-electron chi connectivity index (χ2n) is 7.02. The van der Waals surface area contributed by atoms with Crippen molar-refractivity contribution in [2.75, 3.05) is 13.1 Å². The number of carbonyl (C=O) groups is 1. The Morgan fingerprint density at radius 1 is 1.15 bits per heavy atom. The number of pyridine rings is 1. The molecule has 1 amide bonds. The van der Waals surface area contributed by atoms with E-state index in [2.05, 4.69) is 10.3 Å². The number of piperidine rings is 1. The second-order valence-corrected chi connectivity index (χ2v) is 8.93. The fourth-order valence-corrected chi connectivity index (χ4v) is 5.10. The maximum atomic E-state index is 13.0. The Hall–Kier alpha value is -2.25. The van der Waals surface area contributed by atoms with Crippen LogP contribution in [-0.4, -0.2) is 36.7 Å². The molecule has 1 aliphatic rings. The van der Waals surface area contributed by atoms with Gasteiger partial charge in [-0.05, 0) is 61.6 Å². The quantitative estimate of drug-likeness (QED) is 0.854. The number of hydrogen-bond donors (Lipinski definition) is 1. The van der Waals surface area contributed by atoms with Gasteiger partial charge < -0.3 is 5.32 Å². The zero-order chi connectivity index (χ0) is 19.4. The van der Waals surface area contributed by atoms with Gasteiger partial charge in [0.05, 0.1) is 4.90 Å². The van der Waals surface area contributed by atoms with Crippen molar-refractivity contribution in [3.63, 3.8) is 0 Å². The van der Waals surface area contributed by atoms with Crippen LogP contribution in [-0.2, 0) is 21.4 Å². The topological polar surface area (TPSA) is 79.4 Å². The van der Waals surface area contributed by atoms with Crippen LogP contribution >= 0.6 is 0 Å². The van der Waals surface area contributed by atoms with Gasteiger partial charge in [0, 0.05) is 37.9 Å². The molecular weight excluding hydrogens is 362 g/mol. The molecule has 2 heterocycles. The third kappa shape index (κ3) is 4.54. The van der Waals surface area contributed by atoms with E-state index in [9.17, 15) is 13.2 Å². The molecule has 1 fully saturated rings. The van der Waals surface area contributed by atoms with Gasteiger partial charge in [-0.2, -0.15) is 4.31 Å². The average Bonchev–Trinajstić information content (AvgIpc) is 2.68. The molecule has 0 radical (unpaired) electrons. The lowest BCUT2D eigenvalue weighted by Gasteiger charge is -2.31. The Bertz CT molecular complexity index is 905. The van der Waals surface area contributed by atoms with E-state index in [1.165, 1.54) is 4.31 Å². The number of aromatic nitrogens is 1. The number of rotatable bonds is 5. The molecule has 3 rings (SSSR count). The summed E-state index contributed by atoms with van der Waals surface area (Å²) in [7, 11) is -3.52. The Morgan fingerprint density at radius 3 is 2.48 bits per heavy atom. The summed E-state index contributed by atoms with van der Waals surface area (Å²) >= 11 is 0. The first-order valence-electron chi connectivity index (χ1n) is 9.12. The second kappa shape index (κ2) is 8.19. The van der Waals surface area contributed by atoms with Gasteiger partial charge in [-0.1, -0.05) is 12.1 Å². The van der Waals surface area contributed by atoms with Gasteiger partial charge in [0.2, 0.25) is 15.9 Å². The van der Waals surface area contributed by atoms with Crippen molar-refractivity contribution in [3.05, 3.63) is 59.4 Å². The minimum atomic E-state index is -3.52. The Labute approximate surface area is 160 Å². The summed E-state index contributed by atoms with van der Waals surface area (Å²) < 4.78 is 27.4. The van der Waals surface area contributed by atoms with Crippen molar-refractivity contribution in [1.29, 1.82) is 0 Å². The molecule has 144 valence electrons. The summed E-state index contributed by atoms with van der Waals surface area (Å²) in [4.78, 5) is 16.7. The molecule has 1 N–H and O–H groups in total. The fraction of sp³-hybridized carbons (Fsp3) is 0.400. The van der Waals surface area contributed by atoms with E-state index in [0.717, 1.165) is 16.7 Å². The van der Waals surface area contributed by atoms with E-state index >= 15 is 0 Å². The summed E-state index contributed by atoms with van der Waals surface area (Å²) in [5.74, 6) is -0.174. The molecule has 2 aromatic rings. The lowest BCUT2D eigenvalue weighted by Crippen LogP contribution is -2.43. The summed E-state index contributed by atoms with van der Waals surface area (Å²) in [6, 6.07) is 9.19. The predicted octanol–water partition coefficient (Wildman–Crippen LogP) is 2.42. The van der Waals surface area contributed by atoms with E-state index < -0.39 is 10.0 Å². The molecule has 1 saturated heterocycles. The van der Waals surface area contributed by atoms with Crippen LogP contribution in [0, 0.1) is 19.8 Å². The fourth-order valence-electron chi connectivity index (χ4n) is 3.32. The van der Waals surface area contributed by atoms with Crippen LogP contribution in [0.5, 0.6) is 0 Å². The van der Waals surface area contributed by atoms with Crippen molar-refractivity contribution in [3.8, 4) is 0 Å². The van der Waals surface area contributed by atoms with E-state index in [4.69, 9.17) is 0 Å². The van der Waals surface area contributed by atoms with E-state index in [1.54, 1.807) is 18.5 Å². The molecule has 0 bridgehead atoms. The molecular formula is C20H25N3O3S. The van der Waals surface area contributed by atoms with Crippen LogP contribution in [0.2, 0.25) is 0 Å². The standard InChI is InChI=1S/C20H25N3O3S/c1-15-3-4-16(2)19(13-15)27(25,26)23-11-7-18(8-12-23)20(24)22-14-17-5-9-21-10-6-17/h3-6,9-10,13,18H,7-8,11-12,14H2,1-2H3,(H,22,24). The number of carbonyl (C=O) groups excluding carboxylic acids is 1. The third-order valence-corrected chi connectivity index (χ3v) is 7.04. The Balaban J connectivity index is 1.59. The van der Waals surface area contributed by atoms with Gasteiger partial charge in [0.1, 0.15) is 0 Å². The molecule has 1 aromatic heterocycles. The van der Waals surface area contributed by atoms with Gasteiger partial charge >= 0.3 is 0 Å². The molecule has 1 aliphatic heterocycles. The number of aryl methyl sites for hydroxylation is 2. The Morgan fingerprint density at radius 2 is 1.81 bits per heavy atom. The first-order chi connectivity index (χ1) is 12.9. The highest BCUT2D eigenvalue weighted by Gasteiger charge is 2.32. The van der Waals surface area contributed by atoms with Crippen molar-refractivity contribution in [2.24, 2.45) is 5.92 Å². The lowest BCUT2D eigenvalue weighted by atomic mass is 9.97. The highest BCUT2D eigenvalue weighted by Crippen LogP contribution is 2.26. The number of sulfonamides is 1. The van der Waals surface area contributed by atoms with E-state index in [1.807, 2.05) is 38.1 Å². The van der Waals surface area contributed by atoms with Crippen LogP contribution in [0.3, 0.4) is 0 Å². The minimum Gasteiger partial charge on any atom is -0.352 e. The van der Waals surface area contributed by atoms with Crippen LogP contribution in [0.4, 0.5) is 0 Å². The van der Waals surface area contributed by atoms with Crippen LogP contribution in [0.15, 0.2) is 47.6 Å². The predicted molar refractivity (Wildman–Crippen MR) is 103 cm³/mol. The van der Waals surface area contributed by atoms with Crippen LogP contribution in [0.1, 0.15) is 29.5 Å². The van der Waals surface area contributed by atoms with Crippen LogP contribution in [0.25, 0.3) is 0 Å². The summed E-state index contributed by atoms with van der Waals surface area (Å²) in [5.41, 5.74) is 2.66. The maximum absolute atomic E-state index is 13.0. The zero-order valence-electron chi connectivity index (χ0n) is 15.7. The highest BCUT2D eigenvalue weighted by molar-refractivity contribution is 7.89. The van der Waals surface area contributed by atoms with Gasteiger partial charge in [-0.3, -0.25) is 9.78 Å². The molecule has 1 aromatic carbocycles. The molecule has 0 spiro atoms. The van der Waals surface area contributed by atoms with Crippen molar-refractivity contribution >= 4 is 15.9 Å². The Kier molecular flexibility index (Phi) is 5.92. The normalized spacial score (nSPS) is 16.2.